The molecule has 3 N–H and O–H groups in total. The second-order valence-corrected chi connectivity index (χ2v) is 10.9. The zero-order chi connectivity index (χ0) is 23.4. The van der Waals surface area contributed by atoms with Crippen LogP contribution in [0.1, 0.15) is 25.7 Å². The second kappa shape index (κ2) is 10.2. The van der Waals surface area contributed by atoms with E-state index >= 15 is 0 Å². The second-order valence-electron chi connectivity index (χ2n) is 8.54. The number of fused-ring (bicyclic) bond motifs is 1. The number of halogens is 1. The van der Waals surface area contributed by atoms with Gasteiger partial charge in [0.25, 0.3) is 10.2 Å². The van der Waals surface area contributed by atoms with Gasteiger partial charge < -0.3 is 10.6 Å². The molecule has 0 aliphatic heterocycles. The van der Waals surface area contributed by atoms with E-state index in [1.807, 2.05) is 48.5 Å². The SMILES string of the molecule is CN(C)S(=O)(=O)NCC1CCC(Nc2nc(Nc3ccc(Cl)cc3)c3ccccc3n2)CC1. The van der Waals surface area contributed by atoms with E-state index in [0.29, 0.717) is 23.4 Å². The summed E-state index contributed by atoms with van der Waals surface area (Å²) in [5.74, 6) is 1.65. The van der Waals surface area contributed by atoms with Crippen LogP contribution in [0.15, 0.2) is 48.5 Å². The minimum atomic E-state index is -3.38. The van der Waals surface area contributed by atoms with Crippen LogP contribution < -0.4 is 15.4 Å². The first-order chi connectivity index (χ1) is 15.8. The lowest BCUT2D eigenvalue weighted by molar-refractivity contribution is 0.334. The Hall–Kier alpha value is -2.46. The maximum atomic E-state index is 11.9. The molecule has 3 aromatic rings. The van der Waals surface area contributed by atoms with Crippen LogP contribution in [0.4, 0.5) is 17.5 Å². The van der Waals surface area contributed by atoms with E-state index < -0.39 is 10.2 Å². The highest BCUT2D eigenvalue weighted by Gasteiger charge is 2.24. The van der Waals surface area contributed by atoms with Gasteiger partial charge in [-0.1, -0.05) is 23.7 Å². The van der Waals surface area contributed by atoms with E-state index in [9.17, 15) is 8.42 Å². The minimum absolute atomic E-state index is 0.247. The maximum absolute atomic E-state index is 11.9. The van der Waals surface area contributed by atoms with Crippen molar-refractivity contribution >= 4 is 50.2 Å². The van der Waals surface area contributed by atoms with Crippen molar-refractivity contribution in [2.75, 3.05) is 31.3 Å². The van der Waals surface area contributed by atoms with E-state index in [-0.39, 0.29) is 6.04 Å². The monoisotopic (exact) mass is 488 g/mol. The van der Waals surface area contributed by atoms with Crippen molar-refractivity contribution < 1.29 is 8.42 Å². The first kappa shape index (κ1) is 23.7. The Labute approximate surface area is 199 Å². The molecule has 0 atom stereocenters. The van der Waals surface area contributed by atoms with Crippen LogP contribution >= 0.6 is 11.6 Å². The van der Waals surface area contributed by atoms with Crippen LogP contribution in [0.2, 0.25) is 5.02 Å². The summed E-state index contributed by atoms with van der Waals surface area (Å²) in [7, 11) is -0.319. The van der Waals surface area contributed by atoms with Gasteiger partial charge in [-0.25, -0.2) is 9.71 Å². The lowest BCUT2D eigenvalue weighted by Gasteiger charge is -2.29. The lowest BCUT2D eigenvalue weighted by atomic mass is 9.86. The molecule has 4 rings (SSSR count). The molecule has 1 aromatic heterocycles. The van der Waals surface area contributed by atoms with Crippen LogP contribution in [0.3, 0.4) is 0 Å². The van der Waals surface area contributed by atoms with Crippen molar-refractivity contribution in [3.05, 3.63) is 53.6 Å². The van der Waals surface area contributed by atoms with Crippen LogP contribution in [0.5, 0.6) is 0 Å². The Kier molecular flexibility index (Phi) is 7.33. The Morgan fingerprint density at radius 1 is 1.00 bits per heavy atom. The molecule has 0 radical (unpaired) electrons. The summed E-state index contributed by atoms with van der Waals surface area (Å²) in [4.78, 5) is 9.47. The normalized spacial score (nSPS) is 19.0. The van der Waals surface area contributed by atoms with E-state index in [4.69, 9.17) is 21.6 Å². The molecule has 176 valence electrons. The first-order valence-corrected chi connectivity index (χ1v) is 12.8. The van der Waals surface area contributed by atoms with Crippen LogP contribution in [-0.4, -0.2) is 49.4 Å². The highest BCUT2D eigenvalue weighted by molar-refractivity contribution is 7.87. The third-order valence-electron chi connectivity index (χ3n) is 5.93. The number of nitrogens with one attached hydrogen (secondary N) is 3. The molecule has 0 bridgehead atoms. The third kappa shape index (κ3) is 6.11. The van der Waals surface area contributed by atoms with E-state index in [1.165, 1.54) is 18.4 Å². The molecule has 8 nitrogen and oxygen atoms in total. The molecule has 0 spiro atoms. The number of para-hydroxylation sites is 1. The highest BCUT2D eigenvalue weighted by atomic mass is 35.5. The number of rotatable bonds is 8. The summed E-state index contributed by atoms with van der Waals surface area (Å²) in [6, 6.07) is 15.7. The van der Waals surface area contributed by atoms with Gasteiger partial charge in [0, 0.05) is 42.8 Å². The number of hydrogen-bond donors (Lipinski definition) is 3. The third-order valence-corrected chi connectivity index (χ3v) is 7.67. The topological polar surface area (TPSA) is 99.3 Å². The Morgan fingerprint density at radius 3 is 2.39 bits per heavy atom. The smallest absolute Gasteiger partial charge is 0.278 e. The maximum Gasteiger partial charge on any atom is 0.278 e. The average molecular weight is 489 g/mol. The molecule has 1 aliphatic rings. The largest absolute Gasteiger partial charge is 0.351 e. The van der Waals surface area contributed by atoms with Crippen molar-refractivity contribution in [1.29, 1.82) is 0 Å². The number of nitrogens with zero attached hydrogens (tertiary/aromatic N) is 3. The fourth-order valence-electron chi connectivity index (χ4n) is 3.95. The lowest BCUT2D eigenvalue weighted by Crippen LogP contribution is -2.39. The van der Waals surface area contributed by atoms with Crippen molar-refractivity contribution in [2.45, 2.75) is 31.7 Å². The number of benzene rings is 2. The molecule has 33 heavy (non-hydrogen) atoms. The summed E-state index contributed by atoms with van der Waals surface area (Å²) < 4.78 is 27.8. The van der Waals surface area contributed by atoms with Crippen LogP contribution in [0.25, 0.3) is 10.9 Å². The van der Waals surface area contributed by atoms with E-state index in [0.717, 1.165) is 48.1 Å². The van der Waals surface area contributed by atoms with E-state index in [2.05, 4.69) is 15.4 Å². The molecule has 1 aliphatic carbocycles. The predicted molar refractivity (Wildman–Crippen MR) is 134 cm³/mol. The fourth-order valence-corrected chi connectivity index (χ4v) is 4.78. The minimum Gasteiger partial charge on any atom is -0.351 e. The van der Waals surface area contributed by atoms with Crippen molar-refractivity contribution in [1.82, 2.24) is 19.0 Å². The molecule has 1 fully saturated rings. The van der Waals surface area contributed by atoms with Gasteiger partial charge >= 0.3 is 0 Å². The Balaban J connectivity index is 1.42. The zero-order valence-corrected chi connectivity index (χ0v) is 20.3. The highest BCUT2D eigenvalue weighted by Crippen LogP contribution is 2.29. The molecule has 2 aromatic carbocycles. The van der Waals surface area contributed by atoms with Crippen LogP contribution in [-0.2, 0) is 10.2 Å². The number of aromatic nitrogens is 2. The van der Waals surface area contributed by atoms with Gasteiger partial charge in [0.2, 0.25) is 5.95 Å². The molecule has 10 heteroatoms. The molecular weight excluding hydrogens is 460 g/mol. The molecule has 1 heterocycles. The number of hydrogen-bond acceptors (Lipinski definition) is 6. The van der Waals surface area contributed by atoms with Gasteiger partial charge in [0.15, 0.2) is 0 Å². The summed E-state index contributed by atoms with van der Waals surface area (Å²) in [6.45, 7) is 0.467. The molecule has 0 amide bonds. The van der Waals surface area contributed by atoms with E-state index in [1.54, 1.807) is 0 Å². The summed E-state index contributed by atoms with van der Waals surface area (Å²) in [6.07, 6.45) is 3.75. The van der Waals surface area contributed by atoms with Gasteiger partial charge in [0.05, 0.1) is 5.52 Å². The average Bonchev–Trinajstić information content (AvgIpc) is 2.80. The standard InChI is InChI=1S/C23H29ClN6O2S/c1-30(2)33(31,32)25-15-16-7-11-19(12-8-16)27-23-28-21-6-4-3-5-20(21)22(29-23)26-18-13-9-17(24)10-14-18/h3-6,9-10,13-14,16,19,25H,7-8,11-12,15H2,1-2H3,(H2,26,27,28,29). The van der Waals surface area contributed by atoms with Gasteiger partial charge in [-0.2, -0.15) is 17.7 Å². The van der Waals surface area contributed by atoms with Gasteiger partial charge in [0.1, 0.15) is 5.82 Å². The summed E-state index contributed by atoms with van der Waals surface area (Å²) in [5.41, 5.74) is 1.76. The summed E-state index contributed by atoms with van der Waals surface area (Å²) in [5, 5.41) is 8.49. The predicted octanol–water partition coefficient (Wildman–Crippen LogP) is 4.39. The van der Waals surface area contributed by atoms with Crippen molar-refractivity contribution in [3.8, 4) is 0 Å². The molecule has 0 saturated heterocycles. The number of anilines is 3. The van der Waals surface area contributed by atoms with Gasteiger partial charge in [-0.05, 0) is 68.0 Å². The summed E-state index contributed by atoms with van der Waals surface area (Å²) >= 11 is 6.01. The molecular formula is C23H29ClN6O2S. The Bertz CT molecular complexity index is 1200. The zero-order valence-electron chi connectivity index (χ0n) is 18.8. The fraction of sp³-hybridized carbons (Fsp3) is 0.391. The van der Waals surface area contributed by atoms with Crippen LogP contribution in [0, 0.1) is 5.92 Å². The quantitative estimate of drug-likeness (QED) is 0.435. The van der Waals surface area contributed by atoms with Crippen molar-refractivity contribution in [3.63, 3.8) is 0 Å². The first-order valence-electron chi connectivity index (χ1n) is 11.0. The van der Waals surface area contributed by atoms with Gasteiger partial charge in [-0.15, -0.1) is 0 Å². The molecule has 0 unspecified atom stereocenters. The molecule has 1 saturated carbocycles. The Morgan fingerprint density at radius 2 is 1.70 bits per heavy atom. The van der Waals surface area contributed by atoms with Crippen molar-refractivity contribution in [2.24, 2.45) is 5.92 Å². The van der Waals surface area contributed by atoms with Gasteiger partial charge in [-0.3, -0.25) is 0 Å².